The Labute approximate surface area is 134 Å². The number of carboxylic acids is 2. The second-order valence-electron chi connectivity index (χ2n) is 5.34. The van der Waals surface area contributed by atoms with Crippen molar-refractivity contribution in [2.24, 2.45) is 16.6 Å². The lowest BCUT2D eigenvalue weighted by molar-refractivity contribution is -0.139. The van der Waals surface area contributed by atoms with Crippen LogP contribution < -0.4 is 5.73 Å². The van der Waals surface area contributed by atoms with E-state index in [9.17, 15) is 14.4 Å². The monoisotopic (exact) mass is 322 g/mol. The Balaban J connectivity index is 0.000000468. The zero-order chi connectivity index (χ0) is 17.8. The molecule has 0 aliphatic rings. The number of carbonyl (C=O) groups is 2. The summed E-state index contributed by atoms with van der Waals surface area (Å²) in [4.78, 5) is 33.9. The number of hydrogen-bond acceptors (Lipinski definition) is 5. The largest absolute Gasteiger partial charge is 0.480 e. The first-order valence-electron chi connectivity index (χ1n) is 7.10. The third kappa shape index (κ3) is 9.95. The molecule has 0 radical (unpaired) electrons. The number of rotatable bonds is 7. The SMILES string of the molecule is CC(C)C[C@H](N)C(=O)O.O=C=N[C@@H](Cc1ccccc1)C(=O)O. The number of aliphatic carboxylic acids is 2. The highest BCUT2D eigenvalue weighted by molar-refractivity contribution is 5.75. The Morgan fingerprint density at radius 3 is 2.09 bits per heavy atom. The number of benzene rings is 1. The number of nitrogens with two attached hydrogens (primary N) is 1. The van der Waals surface area contributed by atoms with E-state index in [1.165, 1.54) is 6.08 Å². The summed E-state index contributed by atoms with van der Waals surface area (Å²) in [5, 5.41) is 17.0. The van der Waals surface area contributed by atoms with Crippen molar-refractivity contribution in [1.29, 1.82) is 0 Å². The number of aliphatic imine (C=N–C) groups is 1. The molecule has 1 aromatic carbocycles. The molecule has 0 aliphatic heterocycles. The highest BCUT2D eigenvalue weighted by Crippen LogP contribution is 2.05. The number of hydrogen-bond donors (Lipinski definition) is 3. The third-order valence-corrected chi connectivity index (χ3v) is 2.81. The van der Waals surface area contributed by atoms with Crippen LogP contribution >= 0.6 is 0 Å². The summed E-state index contributed by atoms with van der Waals surface area (Å²) in [7, 11) is 0. The van der Waals surface area contributed by atoms with Gasteiger partial charge in [-0.05, 0) is 17.9 Å². The fourth-order valence-electron chi connectivity index (χ4n) is 1.70. The Hall–Kier alpha value is -2.50. The van der Waals surface area contributed by atoms with E-state index in [1.54, 1.807) is 24.3 Å². The Morgan fingerprint density at radius 1 is 1.17 bits per heavy atom. The van der Waals surface area contributed by atoms with Gasteiger partial charge in [0.25, 0.3) is 0 Å². The van der Waals surface area contributed by atoms with Gasteiger partial charge in [-0.1, -0.05) is 44.2 Å². The minimum absolute atomic E-state index is 0.214. The van der Waals surface area contributed by atoms with Crippen molar-refractivity contribution in [1.82, 2.24) is 0 Å². The van der Waals surface area contributed by atoms with Crippen LogP contribution in [0.2, 0.25) is 0 Å². The summed E-state index contributed by atoms with van der Waals surface area (Å²) in [6.07, 6.45) is 2.03. The second-order valence-corrected chi connectivity index (χ2v) is 5.34. The van der Waals surface area contributed by atoms with E-state index in [1.807, 2.05) is 19.9 Å². The van der Waals surface area contributed by atoms with E-state index in [4.69, 9.17) is 15.9 Å². The van der Waals surface area contributed by atoms with Gasteiger partial charge in [-0.15, -0.1) is 0 Å². The molecule has 0 saturated carbocycles. The van der Waals surface area contributed by atoms with Crippen LogP contribution in [0.25, 0.3) is 0 Å². The highest BCUT2D eigenvalue weighted by atomic mass is 16.4. The standard InChI is InChI=1S/C10H9NO3.C6H13NO2/c12-7-11-9(10(13)14)6-8-4-2-1-3-5-8;1-4(2)3-5(7)6(8)9/h1-5,9H,6H2,(H,13,14);4-5H,3,7H2,1-2H3,(H,8,9)/t9-;5-/m00/s1. The van der Waals surface area contributed by atoms with Gasteiger partial charge in [-0.2, -0.15) is 4.99 Å². The van der Waals surface area contributed by atoms with Gasteiger partial charge in [0.15, 0.2) is 6.04 Å². The van der Waals surface area contributed by atoms with Gasteiger partial charge in [0, 0.05) is 6.42 Å². The number of nitrogens with zero attached hydrogens (tertiary/aromatic N) is 1. The van der Waals surface area contributed by atoms with Gasteiger partial charge in [0.1, 0.15) is 6.04 Å². The molecule has 0 saturated heterocycles. The Bertz CT molecular complexity index is 537. The molecule has 7 heteroatoms. The summed E-state index contributed by atoms with van der Waals surface area (Å²) in [5.41, 5.74) is 6.05. The smallest absolute Gasteiger partial charge is 0.329 e. The summed E-state index contributed by atoms with van der Waals surface area (Å²) in [6, 6.07) is 7.30. The van der Waals surface area contributed by atoms with Crippen LogP contribution in [-0.2, 0) is 20.8 Å². The minimum Gasteiger partial charge on any atom is -0.480 e. The molecule has 23 heavy (non-hydrogen) atoms. The molecule has 0 aromatic heterocycles. The van der Waals surface area contributed by atoms with Crippen LogP contribution in [0.3, 0.4) is 0 Å². The minimum atomic E-state index is -1.11. The van der Waals surface area contributed by atoms with E-state index in [-0.39, 0.29) is 6.42 Å². The molecule has 2 atom stereocenters. The summed E-state index contributed by atoms with van der Waals surface area (Å²) in [6.45, 7) is 3.89. The summed E-state index contributed by atoms with van der Waals surface area (Å²) < 4.78 is 0. The van der Waals surface area contributed by atoms with E-state index >= 15 is 0 Å². The normalized spacial score (nSPS) is 12.3. The lowest BCUT2D eigenvalue weighted by Gasteiger charge is -2.07. The van der Waals surface area contributed by atoms with Gasteiger partial charge in [0.05, 0.1) is 0 Å². The maximum atomic E-state index is 10.6. The van der Waals surface area contributed by atoms with Crippen molar-refractivity contribution >= 4 is 18.0 Å². The lowest BCUT2D eigenvalue weighted by Crippen LogP contribution is -2.31. The van der Waals surface area contributed by atoms with E-state index in [0.29, 0.717) is 12.3 Å². The van der Waals surface area contributed by atoms with Gasteiger partial charge in [-0.25, -0.2) is 9.59 Å². The third-order valence-electron chi connectivity index (χ3n) is 2.81. The maximum absolute atomic E-state index is 10.6. The van der Waals surface area contributed by atoms with Crippen molar-refractivity contribution in [2.45, 2.75) is 38.8 Å². The number of carbonyl (C=O) groups excluding carboxylic acids is 1. The Kier molecular flexibility index (Phi) is 9.91. The zero-order valence-corrected chi connectivity index (χ0v) is 13.2. The molecular formula is C16H22N2O5. The van der Waals surface area contributed by atoms with Crippen LogP contribution in [0.5, 0.6) is 0 Å². The van der Waals surface area contributed by atoms with Crippen LogP contribution in [0, 0.1) is 5.92 Å². The predicted molar refractivity (Wildman–Crippen MR) is 84.8 cm³/mol. The van der Waals surface area contributed by atoms with Crippen molar-refractivity contribution in [3.8, 4) is 0 Å². The van der Waals surface area contributed by atoms with Crippen molar-refractivity contribution in [2.75, 3.05) is 0 Å². The summed E-state index contributed by atoms with van der Waals surface area (Å²) in [5.74, 6) is -1.67. The molecule has 0 unspecified atom stereocenters. The molecule has 0 spiro atoms. The molecule has 0 fully saturated rings. The molecule has 1 rings (SSSR count). The molecule has 0 bridgehead atoms. The van der Waals surface area contributed by atoms with E-state index < -0.39 is 24.0 Å². The van der Waals surface area contributed by atoms with E-state index in [2.05, 4.69) is 4.99 Å². The number of carboxylic acid groups (broad SMARTS) is 2. The molecule has 0 aliphatic carbocycles. The van der Waals surface area contributed by atoms with Crippen LogP contribution in [0.1, 0.15) is 25.8 Å². The van der Waals surface area contributed by atoms with Gasteiger partial charge in [-0.3, -0.25) is 4.79 Å². The molecule has 0 heterocycles. The zero-order valence-electron chi connectivity index (χ0n) is 13.2. The lowest BCUT2D eigenvalue weighted by atomic mass is 10.1. The maximum Gasteiger partial charge on any atom is 0.329 e. The fraction of sp³-hybridized carbons (Fsp3) is 0.438. The Morgan fingerprint density at radius 2 is 1.74 bits per heavy atom. The molecule has 0 amide bonds. The summed E-state index contributed by atoms with van der Waals surface area (Å²) >= 11 is 0. The average molecular weight is 322 g/mol. The highest BCUT2D eigenvalue weighted by Gasteiger charge is 2.16. The van der Waals surface area contributed by atoms with Crippen molar-refractivity contribution in [3.63, 3.8) is 0 Å². The average Bonchev–Trinajstić information content (AvgIpc) is 2.47. The van der Waals surface area contributed by atoms with Gasteiger partial charge >= 0.3 is 11.9 Å². The first-order chi connectivity index (χ1) is 10.8. The van der Waals surface area contributed by atoms with Crippen molar-refractivity contribution in [3.05, 3.63) is 35.9 Å². The molecule has 4 N–H and O–H groups in total. The van der Waals surface area contributed by atoms with Crippen LogP contribution in [-0.4, -0.2) is 40.3 Å². The van der Waals surface area contributed by atoms with Gasteiger partial charge in [0.2, 0.25) is 6.08 Å². The number of isocyanates is 1. The fourth-order valence-corrected chi connectivity index (χ4v) is 1.70. The molecule has 126 valence electrons. The quantitative estimate of drug-likeness (QED) is 0.514. The van der Waals surface area contributed by atoms with E-state index in [0.717, 1.165) is 5.56 Å². The van der Waals surface area contributed by atoms with Crippen LogP contribution in [0.4, 0.5) is 0 Å². The van der Waals surface area contributed by atoms with Crippen LogP contribution in [0.15, 0.2) is 35.3 Å². The van der Waals surface area contributed by atoms with Crippen molar-refractivity contribution < 1.29 is 24.6 Å². The first kappa shape index (κ1) is 20.5. The topological polar surface area (TPSA) is 130 Å². The van der Waals surface area contributed by atoms with Gasteiger partial charge < -0.3 is 15.9 Å². The molecular weight excluding hydrogens is 300 g/mol. The first-order valence-corrected chi connectivity index (χ1v) is 7.10. The molecule has 1 aromatic rings. The molecule has 7 nitrogen and oxygen atoms in total. The second kappa shape index (κ2) is 11.1. The predicted octanol–water partition coefficient (Wildman–Crippen LogP) is 1.46.